The Morgan fingerprint density at radius 3 is 3.33 bits per heavy atom. The molecule has 0 unspecified atom stereocenters. The fraction of sp³-hybridized carbons (Fsp3) is 0.400. The van der Waals surface area contributed by atoms with Crippen molar-refractivity contribution in [3.63, 3.8) is 0 Å². The van der Waals surface area contributed by atoms with E-state index in [0.29, 0.717) is 13.4 Å². The van der Waals surface area contributed by atoms with Gasteiger partial charge in [-0.05, 0) is 0 Å². The van der Waals surface area contributed by atoms with Gasteiger partial charge in [-0.1, -0.05) is 12.2 Å². The topological polar surface area (TPSA) is 24.5 Å². The average molecular weight is 143 g/mol. The summed E-state index contributed by atoms with van der Waals surface area (Å²) >= 11 is 4.43. The molecule has 0 spiro atoms. The molecule has 9 heavy (non-hydrogen) atoms. The van der Waals surface area contributed by atoms with E-state index in [4.69, 9.17) is 4.74 Å². The van der Waals surface area contributed by atoms with Crippen LogP contribution in [-0.4, -0.2) is 23.8 Å². The number of thiocarbonyl (C=S) groups is 1. The van der Waals surface area contributed by atoms with Gasteiger partial charge in [-0.25, -0.2) is 0 Å². The van der Waals surface area contributed by atoms with Gasteiger partial charge in [-0.3, -0.25) is 0 Å². The lowest BCUT2D eigenvalue weighted by Gasteiger charge is -2.11. The van der Waals surface area contributed by atoms with Crippen LogP contribution in [0.5, 0.6) is 0 Å². The minimum absolute atomic E-state index is 0.601. The molecule has 1 aliphatic rings. The first kappa shape index (κ1) is 6.35. The summed E-state index contributed by atoms with van der Waals surface area (Å²) in [6.07, 6.45) is 3.49. The standard InChI is InChI=1S/C5H7N2OS/c9-4-6-3-7-1-2-8-5-7/h1-2H,3,5H2,(H,6,9). The summed E-state index contributed by atoms with van der Waals surface area (Å²) in [5.41, 5.74) is 2.40. The second kappa shape index (κ2) is 3.29. The summed E-state index contributed by atoms with van der Waals surface area (Å²) in [7, 11) is 0. The molecule has 1 heterocycles. The fourth-order valence-electron chi connectivity index (χ4n) is 0.543. The van der Waals surface area contributed by atoms with Crippen molar-refractivity contribution in [2.45, 2.75) is 0 Å². The number of rotatable bonds is 3. The quantitative estimate of drug-likeness (QED) is 0.448. The Balaban J connectivity index is 2.12. The lowest BCUT2D eigenvalue weighted by molar-refractivity contribution is 0.170. The number of nitrogens with zero attached hydrogens (tertiary/aromatic N) is 1. The Bertz CT molecular complexity index is 126. The molecule has 1 rings (SSSR count). The molecule has 0 saturated heterocycles. The highest BCUT2D eigenvalue weighted by atomic mass is 32.1. The van der Waals surface area contributed by atoms with Gasteiger partial charge in [-0.2, -0.15) is 0 Å². The maximum atomic E-state index is 4.90. The van der Waals surface area contributed by atoms with Gasteiger partial charge in [0, 0.05) is 6.20 Å². The Labute approximate surface area is 59.3 Å². The van der Waals surface area contributed by atoms with E-state index in [1.807, 2.05) is 11.1 Å². The fourth-order valence-corrected chi connectivity index (χ4v) is 0.608. The van der Waals surface area contributed by atoms with E-state index in [-0.39, 0.29) is 0 Å². The monoisotopic (exact) mass is 143 g/mol. The summed E-state index contributed by atoms with van der Waals surface area (Å²) in [5, 5.41) is 2.75. The minimum Gasteiger partial charge on any atom is -0.479 e. The van der Waals surface area contributed by atoms with Crippen LogP contribution in [0.3, 0.4) is 0 Å². The molecular weight excluding hydrogens is 136 g/mol. The van der Waals surface area contributed by atoms with E-state index >= 15 is 0 Å². The van der Waals surface area contributed by atoms with Crippen LogP contribution in [0.25, 0.3) is 0 Å². The molecule has 0 saturated carbocycles. The average Bonchev–Trinajstić information content (AvgIpc) is 2.34. The third-order valence-corrected chi connectivity index (χ3v) is 1.11. The van der Waals surface area contributed by atoms with Gasteiger partial charge in [0.15, 0.2) is 6.73 Å². The van der Waals surface area contributed by atoms with E-state index in [0.717, 1.165) is 0 Å². The van der Waals surface area contributed by atoms with Crippen molar-refractivity contribution < 1.29 is 4.74 Å². The normalized spacial score (nSPS) is 15.3. The van der Waals surface area contributed by atoms with E-state index in [1.54, 1.807) is 6.26 Å². The van der Waals surface area contributed by atoms with Crippen molar-refractivity contribution in [3.05, 3.63) is 12.5 Å². The lowest BCUT2D eigenvalue weighted by atomic mass is 10.8. The molecule has 3 nitrogen and oxygen atoms in total. The Kier molecular flexibility index (Phi) is 2.32. The molecule has 0 fully saturated rings. The molecule has 1 N–H and O–H groups in total. The molecule has 0 aromatic rings. The first-order valence-electron chi connectivity index (χ1n) is 2.56. The van der Waals surface area contributed by atoms with Crippen LogP contribution >= 0.6 is 12.2 Å². The SMILES string of the molecule is S=[C]NCN1C=COC1. The third-order valence-electron chi connectivity index (χ3n) is 0.963. The summed E-state index contributed by atoms with van der Waals surface area (Å²) in [6, 6.07) is 0. The Hall–Kier alpha value is -0.770. The zero-order valence-corrected chi connectivity index (χ0v) is 5.65. The first-order chi connectivity index (χ1) is 4.43. The molecule has 1 aliphatic heterocycles. The molecule has 4 heteroatoms. The summed E-state index contributed by atoms with van der Waals surface area (Å²) in [6.45, 7) is 1.27. The molecule has 0 aliphatic carbocycles. The molecule has 0 bridgehead atoms. The van der Waals surface area contributed by atoms with Crippen LogP contribution in [0.2, 0.25) is 0 Å². The molecule has 49 valence electrons. The van der Waals surface area contributed by atoms with Gasteiger partial charge in [0.1, 0.15) is 11.8 Å². The van der Waals surface area contributed by atoms with E-state index in [2.05, 4.69) is 23.0 Å². The highest BCUT2D eigenvalue weighted by Gasteiger charge is 2.00. The third kappa shape index (κ3) is 1.89. The van der Waals surface area contributed by atoms with Crippen molar-refractivity contribution in [3.8, 4) is 0 Å². The molecule has 0 amide bonds. The summed E-state index contributed by atoms with van der Waals surface area (Å²) in [4.78, 5) is 1.93. The maximum absolute atomic E-state index is 4.90. The van der Waals surface area contributed by atoms with Crippen molar-refractivity contribution in [2.24, 2.45) is 0 Å². The van der Waals surface area contributed by atoms with E-state index in [9.17, 15) is 0 Å². The molecule has 0 atom stereocenters. The number of hydrogen-bond donors (Lipinski definition) is 1. The van der Waals surface area contributed by atoms with Crippen LogP contribution in [0, 0.1) is 0 Å². The molecule has 1 radical (unpaired) electrons. The second-order valence-electron chi connectivity index (χ2n) is 1.61. The highest BCUT2D eigenvalue weighted by Crippen LogP contribution is 1.96. The molecular formula is C5H7N2OS. The second-order valence-corrected chi connectivity index (χ2v) is 1.81. The molecule has 0 aromatic heterocycles. The van der Waals surface area contributed by atoms with Gasteiger partial charge in [-0.15, -0.1) is 0 Å². The van der Waals surface area contributed by atoms with Crippen molar-refractivity contribution >= 4 is 17.7 Å². The predicted octanol–water partition coefficient (Wildman–Crippen LogP) is 0.129. The lowest BCUT2D eigenvalue weighted by Crippen LogP contribution is -2.27. The van der Waals surface area contributed by atoms with Crippen LogP contribution in [-0.2, 0) is 4.74 Å². The van der Waals surface area contributed by atoms with Crippen LogP contribution in [0.4, 0.5) is 0 Å². The van der Waals surface area contributed by atoms with Crippen molar-refractivity contribution in [1.29, 1.82) is 0 Å². The zero-order valence-electron chi connectivity index (χ0n) is 4.83. The van der Waals surface area contributed by atoms with Crippen LogP contribution in [0.1, 0.15) is 0 Å². The first-order valence-corrected chi connectivity index (χ1v) is 2.96. The van der Waals surface area contributed by atoms with Crippen molar-refractivity contribution in [1.82, 2.24) is 10.2 Å². The predicted molar refractivity (Wildman–Crippen MR) is 37.5 cm³/mol. The van der Waals surface area contributed by atoms with Gasteiger partial charge in [0.2, 0.25) is 0 Å². The number of hydrogen-bond acceptors (Lipinski definition) is 3. The van der Waals surface area contributed by atoms with Crippen LogP contribution in [0.15, 0.2) is 12.5 Å². The number of ether oxygens (including phenoxy) is 1. The van der Waals surface area contributed by atoms with E-state index in [1.165, 1.54) is 0 Å². The number of nitrogens with one attached hydrogen (secondary N) is 1. The smallest absolute Gasteiger partial charge is 0.161 e. The van der Waals surface area contributed by atoms with Gasteiger partial charge in [0.05, 0.1) is 6.67 Å². The molecule has 0 aromatic carbocycles. The van der Waals surface area contributed by atoms with E-state index < -0.39 is 0 Å². The highest BCUT2D eigenvalue weighted by molar-refractivity contribution is 7.78. The largest absolute Gasteiger partial charge is 0.479 e. The maximum Gasteiger partial charge on any atom is 0.161 e. The van der Waals surface area contributed by atoms with Gasteiger partial charge >= 0.3 is 0 Å². The summed E-state index contributed by atoms with van der Waals surface area (Å²) in [5.74, 6) is 0. The summed E-state index contributed by atoms with van der Waals surface area (Å²) < 4.78 is 4.90. The van der Waals surface area contributed by atoms with Gasteiger partial charge < -0.3 is 15.0 Å². The van der Waals surface area contributed by atoms with Crippen molar-refractivity contribution in [2.75, 3.05) is 13.4 Å². The zero-order chi connectivity index (χ0) is 6.53. The van der Waals surface area contributed by atoms with Crippen LogP contribution < -0.4 is 5.32 Å². The van der Waals surface area contributed by atoms with Gasteiger partial charge in [0.25, 0.3) is 0 Å². The Morgan fingerprint density at radius 1 is 1.89 bits per heavy atom. The Morgan fingerprint density at radius 2 is 2.78 bits per heavy atom. The minimum atomic E-state index is 0.601.